The highest BCUT2D eigenvalue weighted by molar-refractivity contribution is 7.13. The molecule has 4 aromatic rings. The Hall–Kier alpha value is -3.36. The Morgan fingerprint density at radius 1 is 1.11 bits per heavy atom. The van der Waals surface area contributed by atoms with Crippen LogP contribution in [-0.4, -0.2) is 49.7 Å². The van der Waals surface area contributed by atoms with Crippen molar-refractivity contribution in [1.29, 1.82) is 0 Å². The molecule has 0 unspecified atom stereocenters. The van der Waals surface area contributed by atoms with E-state index in [0.717, 1.165) is 60.7 Å². The van der Waals surface area contributed by atoms with E-state index in [0.29, 0.717) is 17.4 Å². The predicted molar refractivity (Wildman–Crippen MR) is 137 cm³/mol. The topological polar surface area (TPSA) is 75.9 Å². The molecule has 1 aliphatic carbocycles. The van der Waals surface area contributed by atoms with E-state index in [2.05, 4.69) is 50.6 Å². The number of likely N-dealkylation sites (tertiary alicyclic amines) is 1. The van der Waals surface area contributed by atoms with Crippen LogP contribution in [0.2, 0.25) is 0 Å². The van der Waals surface area contributed by atoms with Crippen LogP contribution in [-0.2, 0) is 6.54 Å². The molecule has 1 saturated carbocycles. The standard InChI is InChI=1S/C27H28N6OS/c1-18-14-28-27(31-24(18)23-8-5-13-35-23)33-25(20-9-10-20)22(15-29-33)26(34)30-21-11-12-32(17-21)16-19-6-3-2-4-7-19/h2-8,13-15,20-21H,9-12,16-17H2,1H3,(H,30,34)/t21-/m1/s1. The maximum atomic E-state index is 13.3. The summed E-state index contributed by atoms with van der Waals surface area (Å²) < 4.78 is 1.78. The van der Waals surface area contributed by atoms with Gasteiger partial charge in [0.05, 0.1) is 28.0 Å². The molecule has 0 radical (unpaired) electrons. The van der Waals surface area contributed by atoms with Gasteiger partial charge in [-0.05, 0) is 48.8 Å². The highest BCUT2D eigenvalue weighted by atomic mass is 32.1. The monoisotopic (exact) mass is 484 g/mol. The Bertz CT molecular complexity index is 1330. The maximum absolute atomic E-state index is 13.3. The second kappa shape index (κ2) is 9.36. The first-order chi connectivity index (χ1) is 17.2. The molecule has 6 rings (SSSR count). The van der Waals surface area contributed by atoms with Crippen LogP contribution in [0.3, 0.4) is 0 Å². The number of hydrogen-bond acceptors (Lipinski definition) is 6. The van der Waals surface area contributed by atoms with Crippen molar-refractivity contribution < 1.29 is 4.79 Å². The summed E-state index contributed by atoms with van der Waals surface area (Å²) in [7, 11) is 0. The van der Waals surface area contributed by atoms with E-state index >= 15 is 0 Å². The van der Waals surface area contributed by atoms with Crippen LogP contribution >= 0.6 is 11.3 Å². The summed E-state index contributed by atoms with van der Waals surface area (Å²) >= 11 is 1.66. The van der Waals surface area contributed by atoms with E-state index in [1.165, 1.54) is 5.56 Å². The molecule has 0 bridgehead atoms. The Balaban J connectivity index is 1.21. The van der Waals surface area contributed by atoms with Gasteiger partial charge in [0.2, 0.25) is 0 Å². The van der Waals surface area contributed by atoms with Gasteiger partial charge in [0, 0.05) is 37.8 Å². The number of carbonyl (C=O) groups excluding carboxylic acids is 1. The second-order valence-electron chi connectivity index (χ2n) is 9.49. The van der Waals surface area contributed by atoms with E-state index in [-0.39, 0.29) is 11.9 Å². The van der Waals surface area contributed by atoms with Crippen LogP contribution in [0.1, 0.15) is 52.4 Å². The van der Waals surface area contributed by atoms with E-state index in [1.54, 1.807) is 22.2 Å². The second-order valence-corrected chi connectivity index (χ2v) is 10.4. The summed E-state index contributed by atoms with van der Waals surface area (Å²) in [5.74, 6) is 0.802. The number of hydrogen-bond donors (Lipinski definition) is 1. The molecule has 7 nitrogen and oxygen atoms in total. The van der Waals surface area contributed by atoms with Crippen LogP contribution in [0.25, 0.3) is 16.5 Å². The number of benzene rings is 1. The molecule has 3 aromatic heterocycles. The van der Waals surface area contributed by atoms with Gasteiger partial charge in [0.25, 0.3) is 11.9 Å². The number of amides is 1. The Morgan fingerprint density at radius 3 is 2.74 bits per heavy atom. The molecule has 8 heteroatoms. The molecule has 0 spiro atoms. The van der Waals surface area contributed by atoms with Crippen molar-refractivity contribution >= 4 is 17.2 Å². The number of rotatable bonds is 7. The third-order valence-electron chi connectivity index (χ3n) is 6.77. The van der Waals surface area contributed by atoms with Gasteiger partial charge in [-0.2, -0.15) is 5.10 Å². The number of nitrogens with zero attached hydrogens (tertiary/aromatic N) is 5. The van der Waals surface area contributed by atoms with E-state index in [9.17, 15) is 4.79 Å². The van der Waals surface area contributed by atoms with Gasteiger partial charge in [-0.1, -0.05) is 36.4 Å². The van der Waals surface area contributed by atoms with Crippen LogP contribution in [0.5, 0.6) is 0 Å². The zero-order valence-electron chi connectivity index (χ0n) is 19.7. The van der Waals surface area contributed by atoms with Gasteiger partial charge in [0.1, 0.15) is 0 Å². The van der Waals surface area contributed by atoms with Crippen molar-refractivity contribution in [2.75, 3.05) is 13.1 Å². The zero-order valence-corrected chi connectivity index (χ0v) is 20.5. The first kappa shape index (κ1) is 22.1. The lowest BCUT2D eigenvalue weighted by Gasteiger charge is -2.17. The first-order valence-electron chi connectivity index (χ1n) is 12.2. The smallest absolute Gasteiger partial charge is 0.255 e. The third kappa shape index (κ3) is 4.63. The molecular weight excluding hydrogens is 456 g/mol. The molecule has 1 aliphatic heterocycles. The average Bonchev–Trinajstić information content (AvgIpc) is 3.25. The van der Waals surface area contributed by atoms with Gasteiger partial charge in [-0.25, -0.2) is 14.6 Å². The van der Waals surface area contributed by atoms with Gasteiger partial charge in [0.15, 0.2) is 0 Å². The van der Waals surface area contributed by atoms with Crippen molar-refractivity contribution in [3.8, 4) is 16.5 Å². The lowest BCUT2D eigenvalue weighted by atomic mass is 10.1. The fourth-order valence-corrected chi connectivity index (χ4v) is 5.62. The van der Waals surface area contributed by atoms with Crippen LogP contribution in [0.4, 0.5) is 0 Å². The Morgan fingerprint density at radius 2 is 1.97 bits per heavy atom. The molecular formula is C27H28N6OS. The van der Waals surface area contributed by atoms with Crippen molar-refractivity contribution in [3.63, 3.8) is 0 Å². The summed E-state index contributed by atoms with van der Waals surface area (Å²) in [5, 5.41) is 9.91. The predicted octanol–water partition coefficient (Wildman–Crippen LogP) is 4.58. The lowest BCUT2D eigenvalue weighted by Crippen LogP contribution is -2.37. The summed E-state index contributed by atoms with van der Waals surface area (Å²) in [6.07, 6.45) is 6.60. The minimum absolute atomic E-state index is 0.0460. The van der Waals surface area contributed by atoms with Crippen molar-refractivity contribution in [2.24, 2.45) is 0 Å². The number of thiophene rings is 1. The molecule has 1 atom stereocenters. The largest absolute Gasteiger partial charge is 0.348 e. The fraction of sp³-hybridized carbons (Fsp3) is 0.333. The summed E-state index contributed by atoms with van der Waals surface area (Å²) in [6.45, 7) is 4.77. The Kier molecular flexibility index (Phi) is 5.91. The highest BCUT2D eigenvalue weighted by Gasteiger charge is 2.34. The quantitative estimate of drug-likeness (QED) is 0.416. The van der Waals surface area contributed by atoms with E-state index in [4.69, 9.17) is 4.98 Å². The fourth-order valence-electron chi connectivity index (χ4n) is 4.84. The number of aryl methyl sites for hydroxylation is 1. The highest BCUT2D eigenvalue weighted by Crippen LogP contribution is 2.42. The zero-order chi connectivity index (χ0) is 23.8. The molecule has 1 N–H and O–H groups in total. The van der Waals surface area contributed by atoms with Crippen LogP contribution in [0.15, 0.2) is 60.2 Å². The van der Waals surface area contributed by atoms with Crippen LogP contribution < -0.4 is 5.32 Å². The minimum atomic E-state index is -0.0460. The SMILES string of the molecule is Cc1cnc(-n2ncc(C(=O)N[C@@H]3CCN(Cc4ccccc4)C3)c2C2CC2)nc1-c1cccs1. The molecule has 4 heterocycles. The number of aromatic nitrogens is 4. The van der Waals surface area contributed by atoms with Gasteiger partial charge in [-0.3, -0.25) is 9.69 Å². The van der Waals surface area contributed by atoms with Gasteiger partial charge in [-0.15, -0.1) is 11.3 Å². The van der Waals surface area contributed by atoms with Gasteiger partial charge < -0.3 is 5.32 Å². The van der Waals surface area contributed by atoms with Crippen LogP contribution in [0, 0.1) is 6.92 Å². The number of nitrogens with one attached hydrogen (secondary N) is 1. The molecule has 1 aromatic carbocycles. The van der Waals surface area contributed by atoms with Crippen molar-refractivity contribution in [2.45, 2.75) is 44.7 Å². The molecule has 1 saturated heterocycles. The molecule has 2 fully saturated rings. The van der Waals surface area contributed by atoms with E-state index < -0.39 is 0 Å². The average molecular weight is 485 g/mol. The Labute approximate surface area is 208 Å². The maximum Gasteiger partial charge on any atom is 0.255 e. The molecule has 1 amide bonds. The third-order valence-corrected chi connectivity index (χ3v) is 7.65. The normalized spacial score (nSPS) is 18.1. The van der Waals surface area contributed by atoms with Crippen molar-refractivity contribution in [1.82, 2.24) is 30.0 Å². The molecule has 35 heavy (non-hydrogen) atoms. The number of carbonyl (C=O) groups is 1. The molecule has 2 aliphatic rings. The minimum Gasteiger partial charge on any atom is -0.348 e. The summed E-state index contributed by atoms with van der Waals surface area (Å²) in [5.41, 5.74) is 4.82. The first-order valence-corrected chi connectivity index (χ1v) is 13.1. The van der Waals surface area contributed by atoms with Gasteiger partial charge >= 0.3 is 0 Å². The summed E-state index contributed by atoms with van der Waals surface area (Å²) in [4.78, 5) is 26.3. The lowest BCUT2D eigenvalue weighted by molar-refractivity contribution is 0.0936. The summed E-state index contributed by atoms with van der Waals surface area (Å²) in [6, 6.07) is 14.7. The van der Waals surface area contributed by atoms with Crippen molar-refractivity contribution in [3.05, 3.63) is 82.6 Å². The molecule has 178 valence electrons. The van der Waals surface area contributed by atoms with E-state index in [1.807, 2.05) is 30.6 Å².